The van der Waals surface area contributed by atoms with Gasteiger partial charge in [0.05, 0.1) is 11.9 Å². The number of nitrogens with zero attached hydrogens (tertiary/aromatic N) is 4. The molecule has 0 aliphatic rings. The Morgan fingerprint density at radius 1 is 1.44 bits per heavy atom. The van der Waals surface area contributed by atoms with Crippen LogP contribution in [0.5, 0.6) is 0 Å². The Bertz CT molecular complexity index is 594. The zero-order valence-electron chi connectivity index (χ0n) is 8.81. The van der Waals surface area contributed by atoms with Gasteiger partial charge in [0.15, 0.2) is 5.82 Å². The second kappa shape index (κ2) is 3.80. The Kier molecular flexibility index (Phi) is 2.47. The SMILES string of the molecule is Cc1nc(-c2ncncc2F)cc(=O)n1C. The van der Waals surface area contributed by atoms with Crippen LogP contribution >= 0.6 is 0 Å². The zero-order valence-corrected chi connectivity index (χ0v) is 8.81. The van der Waals surface area contributed by atoms with E-state index in [9.17, 15) is 9.18 Å². The standard InChI is InChI=1S/C10H9FN4O/c1-6-14-8(3-9(16)15(6)2)10-7(11)4-12-5-13-10/h3-5H,1-2H3. The fourth-order valence-electron chi connectivity index (χ4n) is 1.28. The summed E-state index contributed by atoms with van der Waals surface area (Å²) in [6.45, 7) is 1.67. The number of aryl methyl sites for hydroxylation is 1. The normalized spacial score (nSPS) is 10.4. The van der Waals surface area contributed by atoms with Crippen molar-refractivity contribution in [1.29, 1.82) is 0 Å². The Hall–Kier alpha value is -2.11. The molecule has 0 bridgehead atoms. The largest absolute Gasteiger partial charge is 0.300 e. The summed E-state index contributed by atoms with van der Waals surface area (Å²) in [5, 5.41) is 0. The van der Waals surface area contributed by atoms with Crippen LogP contribution in [0.2, 0.25) is 0 Å². The minimum absolute atomic E-state index is 0.0378. The Labute approximate surface area is 90.6 Å². The van der Waals surface area contributed by atoms with Gasteiger partial charge in [-0.15, -0.1) is 0 Å². The molecule has 2 aromatic rings. The average Bonchev–Trinajstić information content (AvgIpc) is 2.26. The summed E-state index contributed by atoms with van der Waals surface area (Å²) < 4.78 is 14.7. The molecule has 0 radical (unpaired) electrons. The summed E-state index contributed by atoms with van der Waals surface area (Å²) in [5.74, 6) is -0.0943. The van der Waals surface area contributed by atoms with E-state index in [1.807, 2.05) is 0 Å². The molecule has 0 aliphatic carbocycles. The number of halogens is 1. The molecule has 0 amide bonds. The second-order valence-electron chi connectivity index (χ2n) is 3.31. The van der Waals surface area contributed by atoms with Crippen LogP contribution in [0.25, 0.3) is 11.4 Å². The topological polar surface area (TPSA) is 60.7 Å². The molecule has 0 spiro atoms. The lowest BCUT2D eigenvalue weighted by Gasteiger charge is -2.05. The first kappa shape index (κ1) is 10.4. The van der Waals surface area contributed by atoms with Gasteiger partial charge in [0.25, 0.3) is 5.56 Å². The molecule has 16 heavy (non-hydrogen) atoms. The van der Waals surface area contributed by atoms with Gasteiger partial charge in [-0.05, 0) is 6.92 Å². The lowest BCUT2D eigenvalue weighted by molar-refractivity contribution is 0.616. The molecule has 0 fully saturated rings. The average molecular weight is 220 g/mol. The van der Waals surface area contributed by atoms with Gasteiger partial charge >= 0.3 is 0 Å². The van der Waals surface area contributed by atoms with Crippen molar-refractivity contribution in [2.75, 3.05) is 0 Å². The number of hydrogen-bond donors (Lipinski definition) is 0. The summed E-state index contributed by atoms with van der Waals surface area (Å²) in [6, 6.07) is 1.25. The van der Waals surface area contributed by atoms with Crippen LogP contribution in [-0.2, 0) is 7.05 Å². The highest BCUT2D eigenvalue weighted by atomic mass is 19.1. The highest BCUT2D eigenvalue weighted by Crippen LogP contribution is 2.14. The predicted octanol–water partition coefficient (Wildman–Crippen LogP) is 0.685. The quantitative estimate of drug-likeness (QED) is 0.709. The summed E-state index contributed by atoms with van der Waals surface area (Å²) in [5.41, 5.74) is 0.0109. The summed E-state index contributed by atoms with van der Waals surface area (Å²) in [7, 11) is 1.60. The predicted molar refractivity (Wildman–Crippen MR) is 55.2 cm³/mol. The van der Waals surface area contributed by atoms with Crippen molar-refractivity contribution in [3.05, 3.63) is 40.6 Å². The van der Waals surface area contributed by atoms with Crippen LogP contribution in [-0.4, -0.2) is 19.5 Å². The number of rotatable bonds is 1. The molecule has 0 unspecified atom stereocenters. The van der Waals surface area contributed by atoms with Gasteiger partial charge < -0.3 is 4.57 Å². The van der Waals surface area contributed by atoms with E-state index in [0.717, 1.165) is 6.20 Å². The molecule has 2 heterocycles. The lowest BCUT2D eigenvalue weighted by Crippen LogP contribution is -2.20. The van der Waals surface area contributed by atoms with E-state index >= 15 is 0 Å². The maximum atomic E-state index is 13.4. The summed E-state index contributed by atoms with van der Waals surface area (Å²) in [4.78, 5) is 22.9. The number of aromatic nitrogens is 4. The second-order valence-corrected chi connectivity index (χ2v) is 3.31. The van der Waals surface area contributed by atoms with Crippen molar-refractivity contribution in [2.45, 2.75) is 6.92 Å². The van der Waals surface area contributed by atoms with Gasteiger partial charge in [-0.1, -0.05) is 0 Å². The third-order valence-corrected chi connectivity index (χ3v) is 2.27. The molecular formula is C10H9FN4O. The van der Waals surface area contributed by atoms with Crippen molar-refractivity contribution in [3.8, 4) is 11.4 Å². The lowest BCUT2D eigenvalue weighted by atomic mass is 10.2. The van der Waals surface area contributed by atoms with Crippen LogP contribution < -0.4 is 5.56 Å². The van der Waals surface area contributed by atoms with Crippen molar-refractivity contribution in [2.24, 2.45) is 7.05 Å². The first-order valence-corrected chi connectivity index (χ1v) is 4.60. The Morgan fingerprint density at radius 2 is 2.19 bits per heavy atom. The van der Waals surface area contributed by atoms with E-state index in [2.05, 4.69) is 15.0 Å². The van der Waals surface area contributed by atoms with Gasteiger partial charge in [-0.25, -0.2) is 19.3 Å². The first-order chi connectivity index (χ1) is 7.59. The van der Waals surface area contributed by atoms with E-state index < -0.39 is 5.82 Å². The van der Waals surface area contributed by atoms with Crippen molar-refractivity contribution < 1.29 is 4.39 Å². The van der Waals surface area contributed by atoms with E-state index in [-0.39, 0.29) is 16.9 Å². The molecule has 5 nitrogen and oxygen atoms in total. The molecule has 82 valence electrons. The summed E-state index contributed by atoms with van der Waals surface area (Å²) >= 11 is 0. The molecule has 2 aromatic heterocycles. The van der Waals surface area contributed by atoms with Gasteiger partial charge in [0.1, 0.15) is 17.8 Å². The molecule has 2 rings (SSSR count). The van der Waals surface area contributed by atoms with Crippen LogP contribution in [0.4, 0.5) is 4.39 Å². The maximum absolute atomic E-state index is 13.4. The molecule has 0 aliphatic heterocycles. The minimum atomic E-state index is -0.595. The molecule has 6 heteroatoms. The molecular weight excluding hydrogens is 211 g/mol. The highest BCUT2D eigenvalue weighted by molar-refractivity contribution is 5.53. The highest BCUT2D eigenvalue weighted by Gasteiger charge is 2.10. The molecule has 0 saturated heterocycles. The van der Waals surface area contributed by atoms with E-state index in [0.29, 0.717) is 5.82 Å². The molecule has 0 saturated carbocycles. The first-order valence-electron chi connectivity index (χ1n) is 4.60. The minimum Gasteiger partial charge on any atom is -0.300 e. The smallest absolute Gasteiger partial charge is 0.253 e. The van der Waals surface area contributed by atoms with Gasteiger partial charge in [-0.2, -0.15) is 0 Å². The Morgan fingerprint density at radius 3 is 2.81 bits per heavy atom. The fourth-order valence-corrected chi connectivity index (χ4v) is 1.28. The van der Waals surface area contributed by atoms with Gasteiger partial charge in [0, 0.05) is 13.1 Å². The van der Waals surface area contributed by atoms with Crippen LogP contribution in [0.1, 0.15) is 5.82 Å². The summed E-state index contributed by atoms with van der Waals surface area (Å²) in [6.07, 6.45) is 2.25. The van der Waals surface area contributed by atoms with Crippen LogP contribution in [0.3, 0.4) is 0 Å². The number of hydrogen-bond acceptors (Lipinski definition) is 4. The molecule has 0 atom stereocenters. The van der Waals surface area contributed by atoms with E-state index in [4.69, 9.17) is 0 Å². The maximum Gasteiger partial charge on any atom is 0.253 e. The van der Waals surface area contributed by atoms with E-state index in [1.165, 1.54) is 17.0 Å². The molecule has 0 N–H and O–H groups in total. The van der Waals surface area contributed by atoms with E-state index in [1.54, 1.807) is 14.0 Å². The fraction of sp³-hybridized carbons (Fsp3) is 0.200. The Balaban J connectivity index is 2.67. The third-order valence-electron chi connectivity index (χ3n) is 2.27. The van der Waals surface area contributed by atoms with Crippen molar-refractivity contribution >= 4 is 0 Å². The van der Waals surface area contributed by atoms with Crippen molar-refractivity contribution in [3.63, 3.8) is 0 Å². The van der Waals surface area contributed by atoms with Crippen molar-refractivity contribution in [1.82, 2.24) is 19.5 Å². The van der Waals surface area contributed by atoms with Gasteiger partial charge in [0.2, 0.25) is 0 Å². The monoisotopic (exact) mass is 220 g/mol. The van der Waals surface area contributed by atoms with Crippen LogP contribution in [0, 0.1) is 12.7 Å². The van der Waals surface area contributed by atoms with Gasteiger partial charge in [-0.3, -0.25) is 4.79 Å². The zero-order chi connectivity index (χ0) is 11.7. The van der Waals surface area contributed by atoms with Crippen LogP contribution in [0.15, 0.2) is 23.4 Å². The molecule has 0 aromatic carbocycles. The third kappa shape index (κ3) is 1.69.